The second kappa shape index (κ2) is 5.02. The van der Waals surface area contributed by atoms with Crippen LogP contribution in [0.25, 0.3) is 0 Å². The maximum Gasteiger partial charge on any atom is 0.254 e. The highest BCUT2D eigenvalue weighted by Crippen LogP contribution is 2.11. The molecule has 0 radical (unpaired) electrons. The molecule has 4 nitrogen and oxygen atoms in total. The van der Waals surface area contributed by atoms with Gasteiger partial charge in [0.05, 0.1) is 18.2 Å². The second-order valence-electron chi connectivity index (χ2n) is 4.29. The molecule has 0 amide bonds. The van der Waals surface area contributed by atoms with Crippen LogP contribution in [0.4, 0.5) is 4.39 Å². The van der Waals surface area contributed by atoms with Crippen LogP contribution < -0.4 is 5.56 Å². The Labute approximate surface area is 109 Å². The van der Waals surface area contributed by atoms with Crippen LogP contribution in [0.1, 0.15) is 22.6 Å². The lowest BCUT2D eigenvalue weighted by Crippen LogP contribution is -2.24. The lowest BCUT2D eigenvalue weighted by molar-refractivity contribution is 0.588. The average molecular weight is 257 g/mol. The van der Waals surface area contributed by atoms with Crippen molar-refractivity contribution in [2.24, 2.45) is 0 Å². The summed E-state index contributed by atoms with van der Waals surface area (Å²) >= 11 is 0. The number of halogens is 1. The first kappa shape index (κ1) is 13.0. The third-order valence-corrected chi connectivity index (χ3v) is 2.83. The number of aromatic nitrogens is 2. The number of hydrogen-bond donors (Lipinski definition) is 0. The second-order valence-corrected chi connectivity index (χ2v) is 4.29. The quantitative estimate of drug-likeness (QED) is 0.825. The van der Waals surface area contributed by atoms with Crippen LogP contribution in [0.5, 0.6) is 0 Å². The van der Waals surface area contributed by atoms with E-state index in [-0.39, 0.29) is 12.1 Å². The lowest BCUT2D eigenvalue weighted by atomic mass is 10.1. The van der Waals surface area contributed by atoms with Gasteiger partial charge in [-0.3, -0.25) is 9.36 Å². The van der Waals surface area contributed by atoms with Crippen molar-refractivity contribution in [2.45, 2.75) is 20.4 Å². The van der Waals surface area contributed by atoms with Crippen LogP contribution in [0.2, 0.25) is 0 Å². The molecule has 0 aliphatic rings. The van der Waals surface area contributed by atoms with Crippen molar-refractivity contribution in [1.82, 2.24) is 9.55 Å². The van der Waals surface area contributed by atoms with E-state index in [1.807, 2.05) is 6.07 Å². The summed E-state index contributed by atoms with van der Waals surface area (Å²) in [6.07, 6.45) is 0. The largest absolute Gasteiger partial charge is 0.292 e. The van der Waals surface area contributed by atoms with Crippen LogP contribution in [0.15, 0.2) is 29.1 Å². The summed E-state index contributed by atoms with van der Waals surface area (Å²) in [7, 11) is 0. The fourth-order valence-electron chi connectivity index (χ4n) is 1.89. The monoisotopic (exact) mass is 257 g/mol. The molecular formula is C14H12FN3O. The van der Waals surface area contributed by atoms with Gasteiger partial charge < -0.3 is 0 Å². The number of nitriles is 1. The molecule has 0 bridgehead atoms. The first-order valence-electron chi connectivity index (χ1n) is 5.75. The van der Waals surface area contributed by atoms with E-state index in [1.165, 1.54) is 28.8 Å². The fraction of sp³-hybridized carbons (Fsp3) is 0.214. The number of rotatable bonds is 2. The van der Waals surface area contributed by atoms with Crippen molar-refractivity contribution in [3.63, 3.8) is 0 Å². The van der Waals surface area contributed by atoms with Gasteiger partial charge in [-0.05, 0) is 32.0 Å². The molecule has 5 heteroatoms. The molecule has 2 aromatic rings. The lowest BCUT2D eigenvalue weighted by Gasteiger charge is -2.10. The number of benzene rings is 1. The summed E-state index contributed by atoms with van der Waals surface area (Å²) in [5.41, 5.74) is 1.06. The maximum absolute atomic E-state index is 13.7. The molecule has 0 fully saturated rings. The topological polar surface area (TPSA) is 58.7 Å². The number of hydrogen-bond acceptors (Lipinski definition) is 3. The predicted molar refractivity (Wildman–Crippen MR) is 68.2 cm³/mol. The van der Waals surface area contributed by atoms with Crippen LogP contribution >= 0.6 is 0 Å². The van der Waals surface area contributed by atoms with E-state index >= 15 is 0 Å². The standard InChI is InChI=1S/C14H12FN3O/c1-9-5-14(19)18(10(2)17-9)8-12-6-11(7-16)3-4-13(12)15/h3-6H,8H2,1-2H3. The van der Waals surface area contributed by atoms with E-state index < -0.39 is 5.82 Å². The normalized spacial score (nSPS) is 10.2. The summed E-state index contributed by atoms with van der Waals surface area (Å²) in [5, 5.41) is 8.81. The Balaban J connectivity index is 2.48. The molecule has 19 heavy (non-hydrogen) atoms. The Morgan fingerprint density at radius 1 is 1.37 bits per heavy atom. The average Bonchev–Trinajstić information content (AvgIpc) is 2.35. The fourth-order valence-corrected chi connectivity index (χ4v) is 1.89. The molecule has 2 rings (SSSR count). The number of nitrogens with zero attached hydrogens (tertiary/aromatic N) is 3. The van der Waals surface area contributed by atoms with E-state index in [0.29, 0.717) is 22.6 Å². The third-order valence-electron chi connectivity index (χ3n) is 2.83. The van der Waals surface area contributed by atoms with Crippen molar-refractivity contribution in [1.29, 1.82) is 5.26 Å². The Hall–Kier alpha value is -2.48. The minimum atomic E-state index is -0.439. The molecular weight excluding hydrogens is 245 g/mol. The first-order chi connectivity index (χ1) is 9.01. The first-order valence-corrected chi connectivity index (χ1v) is 5.75. The Bertz CT molecular complexity index is 728. The van der Waals surface area contributed by atoms with Gasteiger partial charge in [0.1, 0.15) is 11.6 Å². The zero-order valence-electron chi connectivity index (χ0n) is 10.6. The Morgan fingerprint density at radius 3 is 2.74 bits per heavy atom. The van der Waals surface area contributed by atoms with Crippen LogP contribution in [-0.2, 0) is 6.54 Å². The van der Waals surface area contributed by atoms with Gasteiger partial charge in [0, 0.05) is 17.3 Å². The van der Waals surface area contributed by atoms with Crippen LogP contribution in [-0.4, -0.2) is 9.55 Å². The molecule has 0 aliphatic carbocycles. The van der Waals surface area contributed by atoms with Gasteiger partial charge in [-0.15, -0.1) is 0 Å². The van der Waals surface area contributed by atoms with Gasteiger partial charge in [0.2, 0.25) is 0 Å². The van der Waals surface area contributed by atoms with E-state index in [1.54, 1.807) is 13.8 Å². The van der Waals surface area contributed by atoms with E-state index in [0.717, 1.165) is 0 Å². The van der Waals surface area contributed by atoms with Crippen LogP contribution in [0, 0.1) is 31.0 Å². The molecule has 0 spiro atoms. The van der Waals surface area contributed by atoms with Gasteiger partial charge in [-0.2, -0.15) is 5.26 Å². The van der Waals surface area contributed by atoms with Crippen molar-refractivity contribution < 1.29 is 4.39 Å². The summed E-state index contributed by atoms with van der Waals surface area (Å²) in [5.74, 6) is 0.0811. The third kappa shape index (κ3) is 2.68. The smallest absolute Gasteiger partial charge is 0.254 e. The van der Waals surface area contributed by atoms with E-state index in [2.05, 4.69) is 4.98 Å². The minimum Gasteiger partial charge on any atom is -0.292 e. The van der Waals surface area contributed by atoms with Gasteiger partial charge in [0.25, 0.3) is 5.56 Å². The highest BCUT2D eigenvalue weighted by molar-refractivity contribution is 5.34. The van der Waals surface area contributed by atoms with Gasteiger partial charge in [-0.25, -0.2) is 9.37 Å². The molecule has 96 valence electrons. The summed E-state index contributed by atoms with van der Waals surface area (Å²) in [6, 6.07) is 7.43. The summed E-state index contributed by atoms with van der Waals surface area (Å²) in [6.45, 7) is 3.50. The van der Waals surface area contributed by atoms with Crippen LogP contribution in [0.3, 0.4) is 0 Å². The maximum atomic E-state index is 13.7. The van der Waals surface area contributed by atoms with Crippen molar-refractivity contribution in [3.8, 4) is 6.07 Å². The predicted octanol–water partition coefficient (Wildman–Crippen LogP) is 1.92. The molecule has 0 aliphatic heterocycles. The van der Waals surface area contributed by atoms with Crippen molar-refractivity contribution in [3.05, 3.63) is 63.1 Å². The van der Waals surface area contributed by atoms with Gasteiger partial charge in [-0.1, -0.05) is 0 Å². The summed E-state index contributed by atoms with van der Waals surface area (Å²) < 4.78 is 15.1. The summed E-state index contributed by atoms with van der Waals surface area (Å²) in [4.78, 5) is 16.0. The van der Waals surface area contributed by atoms with Gasteiger partial charge in [0.15, 0.2) is 0 Å². The zero-order chi connectivity index (χ0) is 14.0. The Kier molecular flexibility index (Phi) is 3.43. The van der Waals surface area contributed by atoms with E-state index in [4.69, 9.17) is 5.26 Å². The molecule has 1 aromatic heterocycles. The highest BCUT2D eigenvalue weighted by atomic mass is 19.1. The minimum absolute atomic E-state index is 0.0687. The molecule has 1 heterocycles. The molecule has 1 aromatic carbocycles. The zero-order valence-corrected chi connectivity index (χ0v) is 10.6. The molecule has 0 saturated carbocycles. The molecule has 0 unspecified atom stereocenters. The van der Waals surface area contributed by atoms with Crippen molar-refractivity contribution >= 4 is 0 Å². The SMILES string of the molecule is Cc1cc(=O)n(Cc2cc(C#N)ccc2F)c(C)n1. The molecule has 0 saturated heterocycles. The van der Waals surface area contributed by atoms with E-state index in [9.17, 15) is 9.18 Å². The van der Waals surface area contributed by atoms with Gasteiger partial charge >= 0.3 is 0 Å². The number of aryl methyl sites for hydroxylation is 2. The Morgan fingerprint density at radius 2 is 2.11 bits per heavy atom. The highest BCUT2D eigenvalue weighted by Gasteiger charge is 2.08. The molecule has 0 atom stereocenters. The molecule has 0 N–H and O–H groups in total. The van der Waals surface area contributed by atoms with Crippen molar-refractivity contribution in [2.75, 3.05) is 0 Å².